The van der Waals surface area contributed by atoms with E-state index in [4.69, 9.17) is 19.7 Å². The Labute approximate surface area is 236 Å². The zero-order valence-corrected chi connectivity index (χ0v) is 22.9. The molecule has 3 N–H and O–H groups in total. The number of aliphatic hydroxyl groups is 2. The number of imidazole rings is 1. The molecule has 0 unspecified atom stereocenters. The zero-order valence-electron chi connectivity index (χ0n) is 20.0. The van der Waals surface area contributed by atoms with Gasteiger partial charge >= 0.3 is 0 Å². The first kappa shape index (κ1) is 25.0. The molecule has 3 atom stereocenters. The highest BCUT2D eigenvalue weighted by Gasteiger charge is 2.38. The molecular weight excluding hydrogens is 613 g/mol. The highest BCUT2D eigenvalue weighted by molar-refractivity contribution is 14.1. The maximum atomic E-state index is 10.8. The van der Waals surface area contributed by atoms with Crippen LogP contribution in [0.2, 0.25) is 0 Å². The van der Waals surface area contributed by atoms with Crippen molar-refractivity contribution in [2.24, 2.45) is 0 Å². The van der Waals surface area contributed by atoms with E-state index in [1.165, 1.54) is 11.3 Å². The number of hydrogen-bond donors (Lipinski definition) is 3. The Hall–Kier alpha value is -3.34. The highest BCUT2D eigenvalue weighted by atomic mass is 127. The molecule has 4 heterocycles. The Bertz CT molecular complexity index is 1650. The molecule has 0 saturated carbocycles. The van der Waals surface area contributed by atoms with E-state index in [2.05, 4.69) is 45.8 Å². The summed E-state index contributed by atoms with van der Waals surface area (Å²) < 4.78 is 8.62. The van der Waals surface area contributed by atoms with Gasteiger partial charge in [0.05, 0.1) is 11.5 Å². The summed E-state index contributed by atoms with van der Waals surface area (Å²) in [6.07, 6.45) is -3.08. The van der Waals surface area contributed by atoms with Crippen molar-refractivity contribution in [3.05, 3.63) is 92.6 Å². The minimum atomic E-state index is -1.16. The molecule has 0 bridgehead atoms. The molecule has 1 saturated heterocycles. The molecule has 8 nitrogen and oxygen atoms in total. The fourth-order valence-corrected chi connectivity index (χ4v) is 5.50. The fourth-order valence-electron chi connectivity index (χ4n) is 4.24. The lowest BCUT2D eigenvalue weighted by Gasteiger charge is -2.18. The summed E-state index contributed by atoms with van der Waals surface area (Å²) in [5.74, 6) is 7.70. The van der Waals surface area contributed by atoms with E-state index < -0.39 is 18.4 Å². The molecule has 38 heavy (non-hydrogen) atoms. The highest BCUT2D eigenvalue weighted by Crippen LogP contribution is 2.33. The van der Waals surface area contributed by atoms with Gasteiger partial charge in [0.2, 0.25) is 0 Å². The van der Waals surface area contributed by atoms with E-state index in [-0.39, 0.29) is 6.61 Å². The van der Waals surface area contributed by atoms with E-state index in [1.807, 2.05) is 66.0 Å². The van der Waals surface area contributed by atoms with Crippen molar-refractivity contribution in [2.75, 3.05) is 11.9 Å². The smallest absolute Gasteiger partial charge is 0.190 e. The maximum Gasteiger partial charge on any atom is 0.190 e. The van der Waals surface area contributed by atoms with Crippen LogP contribution in [0, 0.1) is 15.4 Å². The molecule has 10 heteroatoms. The first-order valence-corrected chi connectivity index (χ1v) is 13.9. The maximum absolute atomic E-state index is 10.8. The van der Waals surface area contributed by atoms with Crippen LogP contribution >= 0.6 is 33.9 Å². The second kappa shape index (κ2) is 10.8. The molecule has 3 aromatic heterocycles. The lowest BCUT2D eigenvalue weighted by atomic mass is 10.2. The van der Waals surface area contributed by atoms with Gasteiger partial charge in [-0.05, 0) is 69.8 Å². The predicted octanol–water partition coefficient (Wildman–Crippen LogP) is 4.42. The molecule has 1 fully saturated rings. The average molecular weight is 635 g/mol. The third-order valence-corrected chi connectivity index (χ3v) is 7.64. The largest absolute Gasteiger partial charge is 0.388 e. The van der Waals surface area contributed by atoms with Gasteiger partial charge in [-0.2, -0.15) is 0 Å². The van der Waals surface area contributed by atoms with Gasteiger partial charge in [0.1, 0.15) is 12.2 Å². The number of nitrogens with zero attached hydrogens (tertiary/aromatic N) is 4. The van der Waals surface area contributed by atoms with Crippen LogP contribution in [0.25, 0.3) is 21.9 Å². The SMILES string of the molecule is O[C@@H]1[C@H](O)CO[C@H]1n1c(C#Cc2ccccc2)nc2c(NCc3cccc(I)c3)nc(-c3cccs3)nc21. The second-order valence-electron chi connectivity index (χ2n) is 8.73. The predicted molar refractivity (Wildman–Crippen MR) is 155 cm³/mol. The summed E-state index contributed by atoms with van der Waals surface area (Å²) in [5, 5.41) is 26.4. The molecule has 0 radical (unpaired) electrons. The van der Waals surface area contributed by atoms with Crippen LogP contribution in [0.1, 0.15) is 23.2 Å². The van der Waals surface area contributed by atoms with Gasteiger partial charge in [0, 0.05) is 15.7 Å². The molecule has 0 aliphatic carbocycles. The molecule has 5 aromatic rings. The van der Waals surface area contributed by atoms with E-state index in [1.54, 1.807) is 4.57 Å². The number of fused-ring (bicyclic) bond motifs is 1. The Morgan fingerprint density at radius 1 is 1.03 bits per heavy atom. The monoisotopic (exact) mass is 635 g/mol. The van der Waals surface area contributed by atoms with Crippen molar-refractivity contribution in [3.63, 3.8) is 0 Å². The van der Waals surface area contributed by atoms with Crippen LogP contribution in [-0.2, 0) is 11.3 Å². The average Bonchev–Trinajstić information content (AvgIpc) is 3.67. The molecule has 1 aliphatic rings. The minimum Gasteiger partial charge on any atom is -0.388 e. The number of thiophene rings is 1. The molecule has 0 amide bonds. The van der Waals surface area contributed by atoms with Crippen LogP contribution in [-0.4, -0.2) is 48.5 Å². The summed E-state index contributed by atoms with van der Waals surface area (Å²) in [5.41, 5.74) is 2.89. The van der Waals surface area contributed by atoms with Gasteiger partial charge in [0.15, 0.2) is 34.9 Å². The van der Waals surface area contributed by atoms with E-state index >= 15 is 0 Å². The number of anilines is 1. The first-order valence-electron chi connectivity index (χ1n) is 11.9. The van der Waals surface area contributed by atoms with E-state index in [0.29, 0.717) is 35.2 Å². The molecule has 6 rings (SSSR count). The van der Waals surface area contributed by atoms with Crippen molar-refractivity contribution < 1.29 is 14.9 Å². The number of benzene rings is 2. The van der Waals surface area contributed by atoms with Gasteiger partial charge in [-0.25, -0.2) is 15.0 Å². The van der Waals surface area contributed by atoms with Crippen molar-refractivity contribution in [3.8, 4) is 22.5 Å². The van der Waals surface area contributed by atoms with Gasteiger partial charge in [-0.3, -0.25) is 4.57 Å². The number of rotatable bonds is 5. The summed E-state index contributed by atoms with van der Waals surface area (Å²) in [6, 6.07) is 21.7. The van der Waals surface area contributed by atoms with Gasteiger partial charge in [-0.1, -0.05) is 42.3 Å². The summed E-state index contributed by atoms with van der Waals surface area (Å²) in [4.78, 5) is 15.4. The summed E-state index contributed by atoms with van der Waals surface area (Å²) in [7, 11) is 0. The third kappa shape index (κ3) is 5.03. The normalized spacial score (nSPS) is 18.9. The minimum absolute atomic E-state index is 0.00231. The number of aromatic nitrogens is 4. The summed E-state index contributed by atoms with van der Waals surface area (Å²) >= 11 is 3.82. The quantitative estimate of drug-likeness (QED) is 0.194. The van der Waals surface area contributed by atoms with Crippen LogP contribution in [0.4, 0.5) is 5.82 Å². The van der Waals surface area contributed by atoms with Crippen LogP contribution in [0.3, 0.4) is 0 Å². The van der Waals surface area contributed by atoms with E-state index in [9.17, 15) is 10.2 Å². The number of aliphatic hydroxyl groups excluding tert-OH is 2. The number of ether oxygens (including phenoxy) is 1. The van der Waals surface area contributed by atoms with Crippen molar-refractivity contribution >= 4 is 50.9 Å². The van der Waals surface area contributed by atoms with Crippen LogP contribution in [0.15, 0.2) is 72.1 Å². The molecule has 0 spiro atoms. The Morgan fingerprint density at radius 3 is 2.63 bits per heavy atom. The lowest BCUT2D eigenvalue weighted by Crippen LogP contribution is -2.29. The topological polar surface area (TPSA) is 105 Å². The Balaban J connectivity index is 1.52. The number of halogens is 1. The Morgan fingerprint density at radius 2 is 1.89 bits per heavy atom. The molecular formula is C28H22IN5O3S. The van der Waals surface area contributed by atoms with Crippen molar-refractivity contribution in [1.29, 1.82) is 0 Å². The van der Waals surface area contributed by atoms with Crippen molar-refractivity contribution in [1.82, 2.24) is 19.5 Å². The Kier molecular flexibility index (Phi) is 7.10. The fraction of sp³-hybridized carbons (Fsp3) is 0.179. The van der Waals surface area contributed by atoms with Crippen molar-refractivity contribution in [2.45, 2.75) is 25.0 Å². The van der Waals surface area contributed by atoms with Crippen LogP contribution < -0.4 is 5.32 Å². The third-order valence-electron chi connectivity index (χ3n) is 6.10. The first-order chi connectivity index (χ1) is 18.6. The van der Waals surface area contributed by atoms with Gasteiger partial charge < -0.3 is 20.3 Å². The van der Waals surface area contributed by atoms with E-state index in [0.717, 1.165) is 19.6 Å². The van der Waals surface area contributed by atoms with Gasteiger partial charge in [-0.15, -0.1) is 11.3 Å². The summed E-state index contributed by atoms with van der Waals surface area (Å²) in [6.45, 7) is 0.531. The number of nitrogens with one attached hydrogen (secondary N) is 1. The lowest BCUT2D eigenvalue weighted by molar-refractivity contribution is -0.0167. The number of hydrogen-bond acceptors (Lipinski definition) is 8. The molecule has 190 valence electrons. The van der Waals surface area contributed by atoms with Gasteiger partial charge in [0.25, 0.3) is 0 Å². The molecule has 2 aromatic carbocycles. The van der Waals surface area contributed by atoms with Crippen LogP contribution in [0.5, 0.6) is 0 Å². The molecule has 1 aliphatic heterocycles. The zero-order chi connectivity index (χ0) is 26.1. The second-order valence-corrected chi connectivity index (χ2v) is 10.9. The standard InChI is InChI=1S/C28H22IN5O3S/c29-19-9-4-8-18(14-19)15-30-26-23-27(33-25(32-26)21-10-5-13-38-21)34(28-24(36)20(35)16-37-28)22(31-23)12-11-17-6-2-1-3-7-17/h1-10,13-14,20,24,28,35-36H,15-16H2,(H,30,32,33)/t20-,24-,28-/m1/s1.